The molecule has 2 fully saturated rings. The van der Waals surface area contributed by atoms with E-state index in [1.165, 1.54) is 11.3 Å². The molecule has 6 nitrogen and oxygen atoms in total. The third-order valence-electron chi connectivity index (χ3n) is 6.70. The fourth-order valence-corrected chi connectivity index (χ4v) is 5.37. The van der Waals surface area contributed by atoms with Crippen LogP contribution in [-0.4, -0.2) is 71.7 Å². The van der Waals surface area contributed by atoms with E-state index in [9.17, 15) is 14.4 Å². The summed E-state index contributed by atoms with van der Waals surface area (Å²) < 4.78 is 0. The Kier molecular flexibility index (Phi) is 6.65. The lowest BCUT2D eigenvalue weighted by Crippen LogP contribution is -2.56. The fourth-order valence-electron chi connectivity index (χ4n) is 4.68. The number of hydrogen-bond acceptors (Lipinski definition) is 4. The molecule has 0 saturated carbocycles. The van der Waals surface area contributed by atoms with E-state index in [0.717, 1.165) is 23.3 Å². The quantitative estimate of drug-likeness (QED) is 0.714. The average Bonchev–Trinajstić information content (AvgIpc) is 3.38. The van der Waals surface area contributed by atoms with Gasteiger partial charge in [-0.3, -0.25) is 14.4 Å². The Labute approximate surface area is 193 Å². The molecular weight excluding hydrogens is 422 g/mol. The SMILES string of the molecule is CC(C)(C(=O)N1CCN(C(=O)[C@H]2CCCN(C(=O)c3cccs3)C2)CC1)c1ccccc1. The zero-order valence-electron chi connectivity index (χ0n) is 18.8. The molecule has 3 heterocycles. The highest BCUT2D eigenvalue weighted by molar-refractivity contribution is 7.12. The van der Waals surface area contributed by atoms with Gasteiger partial charge in [0, 0.05) is 39.3 Å². The molecule has 7 heteroatoms. The Morgan fingerprint density at radius 3 is 2.22 bits per heavy atom. The first-order chi connectivity index (χ1) is 15.4. The maximum atomic E-state index is 13.2. The van der Waals surface area contributed by atoms with Gasteiger partial charge in [0.1, 0.15) is 0 Å². The van der Waals surface area contributed by atoms with Crippen LogP contribution < -0.4 is 0 Å². The number of piperidine rings is 1. The fraction of sp³-hybridized carbons (Fsp3) is 0.480. The lowest BCUT2D eigenvalue weighted by Gasteiger charge is -2.41. The zero-order chi connectivity index (χ0) is 22.7. The van der Waals surface area contributed by atoms with Gasteiger partial charge < -0.3 is 14.7 Å². The van der Waals surface area contributed by atoms with E-state index in [1.807, 2.05) is 76.4 Å². The van der Waals surface area contributed by atoms with Crippen LogP contribution in [0.4, 0.5) is 0 Å². The molecule has 0 aliphatic carbocycles. The van der Waals surface area contributed by atoms with E-state index in [0.29, 0.717) is 39.3 Å². The van der Waals surface area contributed by atoms with E-state index in [1.54, 1.807) is 0 Å². The van der Waals surface area contributed by atoms with Crippen molar-refractivity contribution in [3.63, 3.8) is 0 Å². The average molecular weight is 454 g/mol. The van der Waals surface area contributed by atoms with Crippen molar-refractivity contribution in [1.82, 2.24) is 14.7 Å². The van der Waals surface area contributed by atoms with Gasteiger partial charge in [-0.2, -0.15) is 0 Å². The number of hydrogen-bond donors (Lipinski definition) is 0. The minimum atomic E-state index is -0.598. The molecule has 32 heavy (non-hydrogen) atoms. The Morgan fingerprint density at radius 1 is 0.875 bits per heavy atom. The molecule has 2 aromatic rings. The Balaban J connectivity index is 1.33. The number of nitrogens with zero attached hydrogens (tertiary/aromatic N) is 3. The first-order valence-electron chi connectivity index (χ1n) is 11.3. The number of thiophene rings is 1. The summed E-state index contributed by atoms with van der Waals surface area (Å²) in [7, 11) is 0. The van der Waals surface area contributed by atoms with Crippen molar-refractivity contribution < 1.29 is 14.4 Å². The van der Waals surface area contributed by atoms with Gasteiger partial charge in [0.25, 0.3) is 5.91 Å². The highest BCUT2D eigenvalue weighted by Gasteiger charge is 2.37. The van der Waals surface area contributed by atoms with E-state index in [-0.39, 0.29) is 23.6 Å². The van der Waals surface area contributed by atoms with Gasteiger partial charge in [-0.15, -0.1) is 11.3 Å². The maximum Gasteiger partial charge on any atom is 0.263 e. The van der Waals surface area contributed by atoms with Crippen LogP contribution in [-0.2, 0) is 15.0 Å². The molecule has 1 aromatic carbocycles. The topological polar surface area (TPSA) is 60.9 Å². The number of carbonyl (C=O) groups is 3. The van der Waals surface area contributed by atoms with Crippen LogP contribution in [0.2, 0.25) is 0 Å². The van der Waals surface area contributed by atoms with Crippen molar-refractivity contribution in [1.29, 1.82) is 0 Å². The number of amides is 3. The summed E-state index contributed by atoms with van der Waals surface area (Å²) in [5.74, 6) is 0.0796. The lowest BCUT2D eigenvalue weighted by atomic mass is 9.83. The van der Waals surface area contributed by atoms with Crippen LogP contribution in [0.25, 0.3) is 0 Å². The Morgan fingerprint density at radius 2 is 1.56 bits per heavy atom. The number of benzene rings is 1. The van der Waals surface area contributed by atoms with Crippen LogP contribution in [0.1, 0.15) is 41.9 Å². The predicted octanol–water partition coefficient (Wildman–Crippen LogP) is 3.25. The summed E-state index contributed by atoms with van der Waals surface area (Å²) in [5.41, 5.74) is 0.403. The van der Waals surface area contributed by atoms with Gasteiger partial charge in [0.2, 0.25) is 11.8 Å². The van der Waals surface area contributed by atoms with E-state index in [4.69, 9.17) is 0 Å². The van der Waals surface area contributed by atoms with Crippen molar-refractivity contribution in [2.75, 3.05) is 39.3 Å². The van der Waals surface area contributed by atoms with Crippen LogP contribution in [0.15, 0.2) is 47.8 Å². The molecule has 0 unspecified atom stereocenters. The van der Waals surface area contributed by atoms with Crippen molar-refractivity contribution in [3.05, 3.63) is 58.3 Å². The van der Waals surface area contributed by atoms with E-state index >= 15 is 0 Å². The zero-order valence-corrected chi connectivity index (χ0v) is 19.6. The highest BCUT2D eigenvalue weighted by atomic mass is 32.1. The second kappa shape index (κ2) is 9.45. The van der Waals surface area contributed by atoms with Gasteiger partial charge in [0.05, 0.1) is 16.2 Å². The summed E-state index contributed by atoms with van der Waals surface area (Å²) in [5, 5.41) is 1.90. The van der Waals surface area contributed by atoms with Gasteiger partial charge >= 0.3 is 0 Å². The molecule has 0 spiro atoms. The highest BCUT2D eigenvalue weighted by Crippen LogP contribution is 2.27. The van der Waals surface area contributed by atoms with Crippen molar-refractivity contribution in [2.24, 2.45) is 5.92 Å². The third kappa shape index (κ3) is 4.58. The largest absolute Gasteiger partial charge is 0.339 e. The normalized spacial score (nSPS) is 19.7. The van der Waals surface area contributed by atoms with E-state index in [2.05, 4.69) is 0 Å². The van der Waals surface area contributed by atoms with Gasteiger partial charge in [0.15, 0.2) is 0 Å². The van der Waals surface area contributed by atoms with E-state index < -0.39 is 5.41 Å². The minimum Gasteiger partial charge on any atom is -0.339 e. The molecule has 0 bridgehead atoms. The molecule has 2 saturated heterocycles. The first-order valence-corrected chi connectivity index (χ1v) is 12.2. The number of carbonyl (C=O) groups excluding carboxylic acids is 3. The molecule has 170 valence electrons. The molecule has 1 aromatic heterocycles. The molecule has 4 rings (SSSR count). The maximum absolute atomic E-state index is 13.2. The first kappa shape index (κ1) is 22.5. The molecule has 3 amide bonds. The van der Waals surface area contributed by atoms with Crippen molar-refractivity contribution in [3.8, 4) is 0 Å². The number of likely N-dealkylation sites (tertiary alicyclic amines) is 1. The summed E-state index contributed by atoms with van der Waals surface area (Å²) >= 11 is 1.44. The Bertz CT molecular complexity index is 950. The van der Waals surface area contributed by atoms with Gasteiger partial charge in [-0.05, 0) is 43.7 Å². The minimum absolute atomic E-state index is 0.0241. The summed E-state index contributed by atoms with van der Waals surface area (Å²) in [6.45, 7) is 7.30. The summed E-state index contributed by atoms with van der Waals surface area (Å²) in [6.07, 6.45) is 1.66. The summed E-state index contributed by atoms with van der Waals surface area (Å²) in [4.78, 5) is 45.4. The van der Waals surface area contributed by atoms with Crippen molar-refractivity contribution in [2.45, 2.75) is 32.1 Å². The second-order valence-electron chi connectivity index (χ2n) is 9.18. The Hall–Kier alpha value is -2.67. The van der Waals surface area contributed by atoms with Crippen LogP contribution >= 0.6 is 11.3 Å². The van der Waals surface area contributed by atoms with Crippen LogP contribution in [0.3, 0.4) is 0 Å². The van der Waals surface area contributed by atoms with Gasteiger partial charge in [-0.25, -0.2) is 0 Å². The third-order valence-corrected chi connectivity index (χ3v) is 7.56. The standard InChI is InChI=1S/C25H31N3O3S/c1-25(2,20-9-4-3-5-10-20)24(31)27-15-13-26(14-16-27)22(29)19-8-6-12-28(18-19)23(30)21-11-7-17-32-21/h3-5,7,9-11,17,19H,6,8,12-16,18H2,1-2H3/t19-/m0/s1. The predicted molar refractivity (Wildman–Crippen MR) is 126 cm³/mol. The molecule has 0 radical (unpaired) electrons. The molecule has 0 N–H and O–H groups in total. The number of rotatable bonds is 4. The lowest BCUT2D eigenvalue weighted by molar-refractivity contribution is -0.145. The number of piperazine rings is 1. The van der Waals surface area contributed by atoms with Crippen molar-refractivity contribution >= 4 is 29.1 Å². The smallest absolute Gasteiger partial charge is 0.263 e. The van der Waals surface area contributed by atoms with Crippen LogP contribution in [0, 0.1) is 5.92 Å². The van der Waals surface area contributed by atoms with Gasteiger partial charge in [-0.1, -0.05) is 36.4 Å². The summed E-state index contributed by atoms with van der Waals surface area (Å²) in [6, 6.07) is 13.6. The molecule has 2 aliphatic heterocycles. The molecule has 1 atom stereocenters. The molecule has 2 aliphatic rings. The monoisotopic (exact) mass is 453 g/mol. The second-order valence-corrected chi connectivity index (χ2v) is 10.1. The molecular formula is C25H31N3O3S. The van der Waals surface area contributed by atoms with Crippen LogP contribution in [0.5, 0.6) is 0 Å².